The first kappa shape index (κ1) is 23.4. The van der Waals surface area contributed by atoms with E-state index in [2.05, 4.69) is 0 Å². The summed E-state index contributed by atoms with van der Waals surface area (Å²) in [4.78, 5) is 12.4. The molecule has 0 aromatic heterocycles. The zero-order valence-corrected chi connectivity index (χ0v) is 20.2. The van der Waals surface area contributed by atoms with Crippen molar-refractivity contribution in [2.75, 3.05) is 7.11 Å². The zero-order chi connectivity index (χ0) is 24.1. The predicted octanol–water partition coefficient (Wildman–Crippen LogP) is 2.29. The third-order valence-electron chi connectivity index (χ3n) is 7.65. The molecule has 8 atom stereocenters. The highest BCUT2D eigenvalue weighted by Crippen LogP contribution is 2.63. The van der Waals surface area contributed by atoms with Crippen LogP contribution in [0.15, 0.2) is 34.6 Å². The lowest BCUT2D eigenvalue weighted by molar-refractivity contribution is -0.208. The SMILES string of the molecule is COC1=C(C)C(=O)O[C@@]2([C@@](C)(O)[C@@H](O)C(C)=CC(C)=C[C@]3(C)O[C@H](C)[C@@]4(C)O[C@H]43)O[C@@]12C. The number of ether oxygens (including phenoxy) is 5. The van der Waals surface area contributed by atoms with Crippen molar-refractivity contribution < 1.29 is 38.7 Å². The summed E-state index contributed by atoms with van der Waals surface area (Å²) in [6, 6.07) is 0. The number of fused-ring (bicyclic) bond motifs is 2. The van der Waals surface area contributed by atoms with E-state index in [0.29, 0.717) is 5.57 Å². The van der Waals surface area contributed by atoms with Gasteiger partial charge in [-0.1, -0.05) is 11.6 Å². The molecule has 8 nitrogen and oxygen atoms in total. The fraction of sp³-hybridized carbons (Fsp3) is 0.708. The van der Waals surface area contributed by atoms with Gasteiger partial charge in [0.1, 0.15) is 29.2 Å². The molecule has 32 heavy (non-hydrogen) atoms. The van der Waals surface area contributed by atoms with Crippen molar-refractivity contribution in [3.63, 3.8) is 0 Å². The maximum atomic E-state index is 12.4. The van der Waals surface area contributed by atoms with E-state index in [1.807, 2.05) is 33.8 Å². The van der Waals surface area contributed by atoms with E-state index in [4.69, 9.17) is 23.7 Å². The van der Waals surface area contributed by atoms with Crippen LogP contribution in [0.3, 0.4) is 0 Å². The van der Waals surface area contributed by atoms with E-state index in [0.717, 1.165) is 5.57 Å². The zero-order valence-electron chi connectivity index (χ0n) is 20.2. The highest BCUT2D eigenvalue weighted by molar-refractivity contribution is 5.91. The van der Waals surface area contributed by atoms with E-state index in [9.17, 15) is 15.0 Å². The lowest BCUT2D eigenvalue weighted by Gasteiger charge is -2.38. The Balaban J connectivity index is 1.59. The van der Waals surface area contributed by atoms with Gasteiger partial charge in [0.25, 0.3) is 5.79 Å². The van der Waals surface area contributed by atoms with Gasteiger partial charge in [-0.05, 0) is 67.0 Å². The van der Waals surface area contributed by atoms with Gasteiger partial charge in [-0.25, -0.2) is 4.79 Å². The molecule has 0 aromatic rings. The molecule has 4 aliphatic heterocycles. The second kappa shape index (κ2) is 6.67. The highest BCUT2D eigenvalue weighted by Gasteiger charge is 2.84. The Morgan fingerprint density at radius 2 is 1.88 bits per heavy atom. The number of esters is 1. The Hall–Kier alpha value is -1.71. The van der Waals surface area contributed by atoms with Gasteiger partial charge in [0.15, 0.2) is 11.2 Å². The number of allylic oxidation sites excluding steroid dienone is 2. The van der Waals surface area contributed by atoms with Crippen molar-refractivity contribution in [2.24, 2.45) is 0 Å². The molecule has 0 saturated carbocycles. The number of methoxy groups -OCH3 is 1. The lowest BCUT2D eigenvalue weighted by Crippen LogP contribution is -2.59. The molecular formula is C24H34O8. The fourth-order valence-electron chi connectivity index (χ4n) is 5.71. The van der Waals surface area contributed by atoms with E-state index in [1.165, 1.54) is 14.0 Å². The number of aliphatic hydroxyl groups is 2. The largest absolute Gasteiger partial charge is 0.497 e. The van der Waals surface area contributed by atoms with Crippen molar-refractivity contribution >= 4 is 5.97 Å². The van der Waals surface area contributed by atoms with E-state index in [-0.39, 0.29) is 29.1 Å². The quantitative estimate of drug-likeness (QED) is 0.360. The number of epoxide rings is 2. The van der Waals surface area contributed by atoms with Crippen LogP contribution in [0.1, 0.15) is 55.4 Å². The van der Waals surface area contributed by atoms with Gasteiger partial charge in [-0.3, -0.25) is 0 Å². The van der Waals surface area contributed by atoms with Gasteiger partial charge >= 0.3 is 5.97 Å². The molecule has 2 N–H and O–H groups in total. The maximum absolute atomic E-state index is 12.4. The summed E-state index contributed by atoms with van der Waals surface area (Å²) in [7, 11) is 1.43. The third kappa shape index (κ3) is 2.83. The average molecular weight is 451 g/mol. The molecule has 4 aliphatic rings. The normalized spacial score (nSPS) is 46.2. The number of rotatable bonds is 6. The number of hydrogen-bond donors (Lipinski definition) is 2. The topological polar surface area (TPSA) is 110 Å². The minimum atomic E-state index is -1.94. The Bertz CT molecular complexity index is 963. The summed E-state index contributed by atoms with van der Waals surface area (Å²) < 4.78 is 28.7. The first-order chi connectivity index (χ1) is 14.6. The standard InChI is InChI=1S/C24H34O8/c1-12(11-20(5)19-21(6,31-19)15(4)29-20)10-13(2)16(25)22(7,27)24-23(8,32-24)17(28-9)14(3)18(26)30-24/h10-11,15-16,19,25,27H,1-9H3/t15-,16+,19+,20+,21-,22+,23+,24+/m1/s1. The van der Waals surface area contributed by atoms with Crippen LogP contribution >= 0.6 is 0 Å². The average Bonchev–Trinajstić information content (AvgIpc) is 3.53. The highest BCUT2D eigenvalue weighted by atomic mass is 16.8. The molecule has 0 aliphatic carbocycles. The van der Waals surface area contributed by atoms with Crippen LogP contribution in [-0.4, -0.2) is 69.8 Å². The van der Waals surface area contributed by atoms with E-state index >= 15 is 0 Å². The summed E-state index contributed by atoms with van der Waals surface area (Å²) in [5.41, 5.74) is -2.38. The first-order valence-electron chi connectivity index (χ1n) is 10.9. The van der Waals surface area contributed by atoms with Crippen LogP contribution in [0.5, 0.6) is 0 Å². The maximum Gasteiger partial charge on any atom is 0.339 e. The number of carbonyl (C=O) groups excluding carboxylic acids is 1. The van der Waals surface area contributed by atoms with Crippen molar-refractivity contribution in [2.45, 2.75) is 102 Å². The lowest BCUT2D eigenvalue weighted by atomic mass is 9.79. The molecule has 0 bridgehead atoms. The van der Waals surface area contributed by atoms with Crippen molar-refractivity contribution in [1.82, 2.24) is 0 Å². The second-order valence-corrected chi connectivity index (χ2v) is 10.3. The molecule has 3 fully saturated rings. The van der Waals surface area contributed by atoms with Crippen LogP contribution in [0.2, 0.25) is 0 Å². The van der Waals surface area contributed by atoms with Crippen LogP contribution in [-0.2, 0) is 28.5 Å². The van der Waals surface area contributed by atoms with Crippen molar-refractivity contribution in [3.8, 4) is 0 Å². The van der Waals surface area contributed by atoms with E-state index < -0.39 is 34.7 Å². The Morgan fingerprint density at radius 1 is 1.25 bits per heavy atom. The minimum Gasteiger partial charge on any atom is -0.497 e. The molecule has 0 radical (unpaired) electrons. The van der Waals surface area contributed by atoms with Gasteiger partial charge in [0.05, 0.1) is 18.8 Å². The predicted molar refractivity (Wildman–Crippen MR) is 114 cm³/mol. The molecule has 4 rings (SSSR count). The smallest absolute Gasteiger partial charge is 0.339 e. The van der Waals surface area contributed by atoms with Gasteiger partial charge in [0, 0.05) is 0 Å². The number of hydrogen-bond acceptors (Lipinski definition) is 8. The summed E-state index contributed by atoms with van der Waals surface area (Å²) >= 11 is 0. The summed E-state index contributed by atoms with van der Waals surface area (Å²) in [6.45, 7) is 14.3. The molecule has 0 unspecified atom stereocenters. The summed E-state index contributed by atoms with van der Waals surface area (Å²) in [5.74, 6) is -2.13. The first-order valence-corrected chi connectivity index (χ1v) is 10.9. The summed E-state index contributed by atoms with van der Waals surface area (Å²) in [6.07, 6.45) is 2.33. The van der Waals surface area contributed by atoms with Gasteiger partial charge in [-0.15, -0.1) is 0 Å². The van der Waals surface area contributed by atoms with Crippen LogP contribution in [0, 0.1) is 0 Å². The fourth-order valence-corrected chi connectivity index (χ4v) is 5.71. The van der Waals surface area contributed by atoms with Crippen molar-refractivity contribution in [3.05, 3.63) is 34.6 Å². The number of carbonyl (C=O) groups is 1. The number of aliphatic hydroxyl groups excluding tert-OH is 1. The van der Waals surface area contributed by atoms with Crippen LogP contribution in [0.4, 0.5) is 0 Å². The monoisotopic (exact) mass is 450 g/mol. The van der Waals surface area contributed by atoms with Crippen molar-refractivity contribution in [1.29, 1.82) is 0 Å². The molecule has 178 valence electrons. The molecule has 3 saturated heterocycles. The van der Waals surface area contributed by atoms with Crippen LogP contribution in [0.25, 0.3) is 0 Å². The Morgan fingerprint density at radius 3 is 2.38 bits per heavy atom. The van der Waals surface area contributed by atoms with Gasteiger partial charge < -0.3 is 33.9 Å². The summed E-state index contributed by atoms with van der Waals surface area (Å²) in [5, 5.41) is 22.5. The molecule has 0 spiro atoms. The molecule has 8 heteroatoms. The third-order valence-corrected chi connectivity index (χ3v) is 7.65. The Labute approximate surface area is 188 Å². The molecule has 0 amide bonds. The van der Waals surface area contributed by atoms with Gasteiger partial charge in [0.2, 0.25) is 0 Å². The molecule has 4 heterocycles. The Kier molecular flexibility index (Phi) is 4.89. The minimum absolute atomic E-state index is 0.0192. The van der Waals surface area contributed by atoms with E-state index in [1.54, 1.807) is 26.8 Å². The molecular weight excluding hydrogens is 416 g/mol. The van der Waals surface area contributed by atoms with Crippen LogP contribution < -0.4 is 0 Å². The van der Waals surface area contributed by atoms with Gasteiger partial charge in [-0.2, -0.15) is 0 Å². The second-order valence-electron chi connectivity index (χ2n) is 10.3. The molecule has 0 aromatic carbocycles.